The highest BCUT2D eigenvalue weighted by Gasteiger charge is 2.60. The van der Waals surface area contributed by atoms with Gasteiger partial charge in [0.25, 0.3) is 35.9 Å². The van der Waals surface area contributed by atoms with Crippen LogP contribution in [0.4, 0.5) is 0 Å². The van der Waals surface area contributed by atoms with E-state index in [0.717, 1.165) is 29.5 Å². The van der Waals surface area contributed by atoms with Crippen molar-refractivity contribution >= 4 is 30.4 Å². The Morgan fingerprint density at radius 3 is 2.00 bits per heavy atom. The van der Waals surface area contributed by atoms with E-state index in [1.54, 1.807) is 30.3 Å². The number of benzene rings is 1. The fourth-order valence-electron chi connectivity index (χ4n) is 3.81. The highest BCUT2D eigenvalue weighted by atomic mass is 32.2. The predicted octanol–water partition coefficient (Wildman–Crippen LogP) is -1.00. The number of H-pyrrole nitrogens is 1. The molecule has 1 unspecified atom stereocenters. The van der Waals surface area contributed by atoms with Gasteiger partial charge >= 0.3 is 5.69 Å². The Morgan fingerprint density at radius 2 is 1.49 bits per heavy atom. The first kappa shape index (κ1) is 31.1. The molecule has 1 aliphatic rings. The molecule has 0 spiro atoms. The topological polar surface area (TPSA) is 203 Å². The van der Waals surface area contributed by atoms with Gasteiger partial charge in [0.2, 0.25) is 0 Å². The highest BCUT2D eigenvalue weighted by Crippen LogP contribution is 2.42. The van der Waals surface area contributed by atoms with Crippen LogP contribution in [-0.2, 0) is 59.0 Å². The smallest absolute Gasteiger partial charge is 0.330 e. The van der Waals surface area contributed by atoms with Crippen LogP contribution < -0.4 is 11.2 Å². The number of aromatic amines is 1. The van der Waals surface area contributed by atoms with Gasteiger partial charge in [-0.05, 0) is 12.5 Å². The summed E-state index contributed by atoms with van der Waals surface area (Å²) in [6.45, 7) is -0.674. The molecule has 1 aromatic carbocycles. The van der Waals surface area contributed by atoms with Gasteiger partial charge in [-0.1, -0.05) is 30.3 Å². The Morgan fingerprint density at radius 1 is 0.923 bits per heavy atom. The molecule has 18 heteroatoms. The lowest BCUT2D eigenvalue weighted by Crippen LogP contribution is -2.53. The van der Waals surface area contributed by atoms with Gasteiger partial charge in [-0.2, -0.15) is 25.3 Å². The minimum atomic E-state index is -4.30. The molecule has 2 aromatic rings. The number of aromatic nitrogens is 2. The van der Waals surface area contributed by atoms with Crippen molar-refractivity contribution < 1.29 is 47.3 Å². The highest BCUT2D eigenvalue weighted by molar-refractivity contribution is 7.86. The molecule has 3 atom stereocenters. The van der Waals surface area contributed by atoms with Gasteiger partial charge in [-0.25, -0.2) is 4.79 Å². The molecule has 1 N–H and O–H groups in total. The van der Waals surface area contributed by atoms with Crippen LogP contribution in [0.15, 0.2) is 46.1 Å². The standard InChI is InChI=1S/C21H28N2O13S3/c1-14-10-23(20(25)22-18(14)24)19-16(36-39(4,30)31)17(32-11-15-8-6-5-7-9-15)21(35-19,12-33-37(2,26)27)13-34-38(3,28)29/h5-10,16-17,19H,11-13H2,1-4H3,(H,22,24,25)/t16-,17+,19?/m1/s1. The van der Waals surface area contributed by atoms with E-state index in [-0.39, 0.29) is 12.2 Å². The van der Waals surface area contributed by atoms with Crippen molar-refractivity contribution in [2.45, 2.75) is 37.6 Å². The molecular formula is C21H28N2O13S3. The second-order valence-corrected chi connectivity index (χ2v) is 13.9. The van der Waals surface area contributed by atoms with E-state index in [0.29, 0.717) is 5.56 Å². The summed E-state index contributed by atoms with van der Waals surface area (Å²) in [5.74, 6) is 0. The number of rotatable bonds is 12. The Kier molecular flexibility index (Phi) is 9.22. The van der Waals surface area contributed by atoms with Gasteiger partial charge in [0, 0.05) is 11.8 Å². The summed E-state index contributed by atoms with van der Waals surface area (Å²) in [7, 11) is -12.6. The molecule has 15 nitrogen and oxygen atoms in total. The minimum Gasteiger partial charge on any atom is -0.367 e. The van der Waals surface area contributed by atoms with Gasteiger partial charge in [0.05, 0.1) is 25.4 Å². The van der Waals surface area contributed by atoms with Gasteiger partial charge in [0.1, 0.15) is 24.9 Å². The van der Waals surface area contributed by atoms with Crippen molar-refractivity contribution in [2.24, 2.45) is 0 Å². The van der Waals surface area contributed by atoms with Crippen LogP contribution in [0.3, 0.4) is 0 Å². The van der Waals surface area contributed by atoms with Gasteiger partial charge < -0.3 is 9.47 Å². The second-order valence-electron chi connectivity index (χ2n) is 8.97. The van der Waals surface area contributed by atoms with Crippen molar-refractivity contribution in [2.75, 3.05) is 32.0 Å². The number of nitrogens with one attached hydrogen (secondary N) is 1. The number of hydrogen-bond donors (Lipinski definition) is 1. The van der Waals surface area contributed by atoms with Crippen LogP contribution >= 0.6 is 0 Å². The molecule has 1 fully saturated rings. The zero-order valence-electron chi connectivity index (χ0n) is 21.3. The maximum absolute atomic E-state index is 12.7. The molecule has 3 rings (SSSR count). The van der Waals surface area contributed by atoms with Crippen molar-refractivity contribution in [1.82, 2.24) is 9.55 Å². The van der Waals surface area contributed by atoms with Crippen LogP contribution in [0, 0.1) is 6.92 Å². The van der Waals surface area contributed by atoms with E-state index >= 15 is 0 Å². The summed E-state index contributed by atoms with van der Waals surface area (Å²) in [5, 5.41) is 0. The SMILES string of the molecule is Cc1cn(C2OC(COS(C)(=O)=O)(COS(C)(=O)=O)[C@@H](OCc3ccccc3)[C@H]2OS(C)(=O)=O)c(=O)[nH]c1=O. The molecule has 1 aliphatic heterocycles. The quantitative estimate of drug-likeness (QED) is 0.286. The average molecular weight is 613 g/mol. The first-order valence-electron chi connectivity index (χ1n) is 11.1. The molecule has 218 valence electrons. The molecule has 1 aromatic heterocycles. The van der Waals surface area contributed by atoms with Crippen molar-refractivity contribution in [3.63, 3.8) is 0 Å². The van der Waals surface area contributed by atoms with Crippen LogP contribution in [0.2, 0.25) is 0 Å². The fraction of sp³-hybridized carbons (Fsp3) is 0.524. The van der Waals surface area contributed by atoms with E-state index in [2.05, 4.69) is 4.98 Å². The van der Waals surface area contributed by atoms with Crippen LogP contribution in [0.25, 0.3) is 0 Å². The minimum absolute atomic E-state index is 0.0373. The number of ether oxygens (including phenoxy) is 2. The maximum atomic E-state index is 12.7. The number of aryl methyl sites for hydroxylation is 1. The molecule has 39 heavy (non-hydrogen) atoms. The fourth-order valence-corrected chi connectivity index (χ4v) is 5.23. The lowest BCUT2D eigenvalue weighted by Gasteiger charge is -2.33. The summed E-state index contributed by atoms with van der Waals surface area (Å²) in [6.07, 6.45) is -1.74. The Balaban J connectivity index is 2.22. The zero-order valence-corrected chi connectivity index (χ0v) is 23.7. The van der Waals surface area contributed by atoms with E-state index in [1.807, 2.05) is 0 Å². The summed E-state index contributed by atoms with van der Waals surface area (Å²) < 4.78 is 100. The predicted molar refractivity (Wildman–Crippen MR) is 135 cm³/mol. The third-order valence-corrected chi connectivity index (χ3v) is 7.13. The van der Waals surface area contributed by atoms with Gasteiger partial charge in [0.15, 0.2) is 12.3 Å². The first-order chi connectivity index (χ1) is 17.9. The molecular weight excluding hydrogens is 584 g/mol. The third-order valence-electron chi connectivity index (χ3n) is 5.47. The Hall–Kier alpha value is -2.45. The van der Waals surface area contributed by atoms with Crippen LogP contribution in [0.1, 0.15) is 17.4 Å². The van der Waals surface area contributed by atoms with Crippen LogP contribution in [0.5, 0.6) is 0 Å². The number of nitrogens with zero attached hydrogens (tertiary/aromatic N) is 1. The molecule has 1 saturated heterocycles. The summed E-state index contributed by atoms with van der Waals surface area (Å²) in [6, 6.07) is 8.50. The van der Waals surface area contributed by atoms with Gasteiger partial charge in [-0.15, -0.1) is 0 Å². The summed E-state index contributed by atoms with van der Waals surface area (Å²) in [4.78, 5) is 26.8. The Labute approximate surface area is 225 Å². The van der Waals surface area contributed by atoms with Crippen LogP contribution in [-0.4, -0.2) is 84.6 Å². The molecule has 0 bridgehead atoms. The number of hydrogen-bond acceptors (Lipinski definition) is 13. The molecule has 0 amide bonds. The third kappa shape index (κ3) is 8.52. The van der Waals surface area contributed by atoms with E-state index in [9.17, 15) is 34.8 Å². The van der Waals surface area contributed by atoms with E-state index in [4.69, 9.17) is 22.0 Å². The largest absolute Gasteiger partial charge is 0.367 e. The lowest BCUT2D eigenvalue weighted by atomic mass is 9.96. The molecule has 2 heterocycles. The van der Waals surface area contributed by atoms with Gasteiger partial charge in [-0.3, -0.25) is 26.9 Å². The monoisotopic (exact) mass is 612 g/mol. The van der Waals surface area contributed by atoms with Crippen molar-refractivity contribution in [1.29, 1.82) is 0 Å². The summed E-state index contributed by atoms with van der Waals surface area (Å²) >= 11 is 0. The van der Waals surface area contributed by atoms with Crippen molar-refractivity contribution in [3.8, 4) is 0 Å². The first-order valence-corrected chi connectivity index (χ1v) is 16.6. The van der Waals surface area contributed by atoms with Crippen molar-refractivity contribution in [3.05, 3.63) is 68.5 Å². The molecule has 0 radical (unpaired) electrons. The Bertz CT molecular complexity index is 1580. The summed E-state index contributed by atoms with van der Waals surface area (Å²) in [5.41, 5.74) is -3.28. The molecule has 0 aliphatic carbocycles. The maximum Gasteiger partial charge on any atom is 0.330 e. The molecule has 0 saturated carbocycles. The normalized spacial score (nSPS) is 21.7. The lowest BCUT2D eigenvalue weighted by molar-refractivity contribution is -0.154. The van der Waals surface area contributed by atoms with E-state index in [1.165, 1.54) is 6.92 Å². The second kappa shape index (κ2) is 11.6. The average Bonchev–Trinajstić information content (AvgIpc) is 3.09. The zero-order chi connectivity index (χ0) is 29.2. The van der Waals surface area contributed by atoms with E-state index < -0.39 is 78.9 Å².